The number of carbonyl (C=O) groups is 1. The van der Waals surface area contributed by atoms with Crippen LogP contribution >= 0.6 is 0 Å². The fourth-order valence-corrected chi connectivity index (χ4v) is 1.63. The molecule has 0 aliphatic carbocycles. The van der Waals surface area contributed by atoms with Crippen LogP contribution < -0.4 is 5.32 Å². The van der Waals surface area contributed by atoms with Crippen molar-refractivity contribution in [3.05, 3.63) is 34.9 Å². The molecule has 0 unspecified atom stereocenters. The van der Waals surface area contributed by atoms with Crippen molar-refractivity contribution in [3.63, 3.8) is 0 Å². The Kier molecular flexibility index (Phi) is 4.47. The van der Waals surface area contributed by atoms with E-state index < -0.39 is 0 Å². The van der Waals surface area contributed by atoms with Crippen molar-refractivity contribution in [3.8, 4) is 0 Å². The summed E-state index contributed by atoms with van der Waals surface area (Å²) in [5.41, 5.74) is 3.55. The summed E-state index contributed by atoms with van der Waals surface area (Å²) >= 11 is 0. The monoisotopic (exact) mass is 233 g/mol. The molecule has 1 aromatic carbocycles. The third-order valence-corrected chi connectivity index (χ3v) is 2.71. The lowest BCUT2D eigenvalue weighted by Gasteiger charge is -2.20. The molecular weight excluding hydrogens is 210 g/mol. The normalized spacial score (nSPS) is 11.6. The number of carbonyl (C=O) groups excluding carboxylic acids is 1. The van der Waals surface area contributed by atoms with Gasteiger partial charge in [-0.25, -0.2) is 0 Å². The summed E-state index contributed by atoms with van der Waals surface area (Å²) in [5.74, 6) is 0.244. The smallest absolute Gasteiger partial charge is 0.150 e. The molecule has 0 fully saturated rings. The molecule has 0 bridgehead atoms. The maximum absolute atomic E-state index is 11.9. The zero-order chi connectivity index (χ0) is 13.1. The number of hydrogen-bond donors (Lipinski definition) is 1. The predicted octanol–water partition coefficient (Wildman–Crippen LogP) is 2.80. The number of nitrogens with one attached hydrogen (secondary N) is 1. The fraction of sp³-hybridized carbons (Fsp3) is 0.533. The number of Topliss-reactive ketones (excluding diaryl/α,β-unsaturated/α-hetero) is 1. The summed E-state index contributed by atoms with van der Waals surface area (Å²) < 4.78 is 0. The molecule has 0 saturated heterocycles. The van der Waals surface area contributed by atoms with E-state index in [0.717, 1.165) is 5.56 Å². The molecule has 2 heteroatoms. The summed E-state index contributed by atoms with van der Waals surface area (Å²) in [4.78, 5) is 11.9. The molecule has 1 rings (SSSR count). The minimum Gasteiger partial charge on any atom is -0.305 e. The van der Waals surface area contributed by atoms with E-state index >= 15 is 0 Å². The van der Waals surface area contributed by atoms with Gasteiger partial charge in [-0.2, -0.15) is 0 Å². The minimum atomic E-state index is -0.00267. The second-order valence-electron chi connectivity index (χ2n) is 5.75. The highest BCUT2D eigenvalue weighted by atomic mass is 16.1. The van der Waals surface area contributed by atoms with Gasteiger partial charge in [0.25, 0.3) is 0 Å². The summed E-state index contributed by atoms with van der Waals surface area (Å²) in [6.45, 7) is 10.8. The Hall–Kier alpha value is -1.15. The Balaban J connectivity index is 2.59. The van der Waals surface area contributed by atoms with Crippen LogP contribution in [-0.4, -0.2) is 17.9 Å². The first-order valence-electron chi connectivity index (χ1n) is 6.11. The highest BCUT2D eigenvalue weighted by Crippen LogP contribution is 2.11. The Morgan fingerprint density at radius 3 is 2.47 bits per heavy atom. The maximum Gasteiger partial charge on any atom is 0.150 e. The van der Waals surface area contributed by atoms with Crippen LogP contribution in [0.5, 0.6) is 0 Å². The molecule has 1 N–H and O–H groups in total. The summed E-state index contributed by atoms with van der Waals surface area (Å²) in [6, 6.07) is 6.26. The van der Waals surface area contributed by atoms with Gasteiger partial charge in [-0.15, -0.1) is 0 Å². The van der Waals surface area contributed by atoms with Crippen LogP contribution in [0.15, 0.2) is 18.2 Å². The van der Waals surface area contributed by atoms with E-state index in [2.05, 4.69) is 58.1 Å². The van der Waals surface area contributed by atoms with Gasteiger partial charge in [0.15, 0.2) is 5.78 Å². The number of aryl methyl sites for hydroxylation is 2. The first-order chi connectivity index (χ1) is 7.78. The van der Waals surface area contributed by atoms with Crippen LogP contribution in [0, 0.1) is 13.8 Å². The predicted molar refractivity (Wildman–Crippen MR) is 72.4 cm³/mol. The largest absolute Gasteiger partial charge is 0.305 e. The van der Waals surface area contributed by atoms with Gasteiger partial charge in [0, 0.05) is 12.0 Å². The Morgan fingerprint density at radius 2 is 1.88 bits per heavy atom. The van der Waals surface area contributed by atoms with Crippen LogP contribution in [-0.2, 0) is 11.2 Å². The van der Waals surface area contributed by atoms with Crippen LogP contribution in [0.1, 0.15) is 37.5 Å². The topological polar surface area (TPSA) is 29.1 Å². The highest BCUT2D eigenvalue weighted by Gasteiger charge is 2.12. The first kappa shape index (κ1) is 13.9. The van der Waals surface area contributed by atoms with Crippen LogP contribution in [0.4, 0.5) is 0 Å². The number of rotatable bonds is 4. The first-order valence-corrected chi connectivity index (χ1v) is 6.11. The Labute approximate surface area is 104 Å². The number of hydrogen-bond acceptors (Lipinski definition) is 2. The molecule has 0 spiro atoms. The second-order valence-corrected chi connectivity index (χ2v) is 5.75. The van der Waals surface area contributed by atoms with Gasteiger partial charge in [-0.3, -0.25) is 4.79 Å². The molecule has 0 saturated carbocycles. The highest BCUT2D eigenvalue weighted by molar-refractivity contribution is 5.83. The van der Waals surface area contributed by atoms with E-state index in [0.29, 0.717) is 13.0 Å². The molecule has 0 aliphatic rings. The average molecular weight is 233 g/mol. The molecule has 2 nitrogen and oxygen atoms in total. The van der Waals surface area contributed by atoms with E-state index in [1.165, 1.54) is 11.1 Å². The van der Waals surface area contributed by atoms with Gasteiger partial charge in [0.2, 0.25) is 0 Å². The van der Waals surface area contributed by atoms with Crippen molar-refractivity contribution in [2.45, 2.75) is 46.6 Å². The molecular formula is C15H23NO. The molecule has 0 aliphatic heterocycles. The lowest BCUT2D eigenvalue weighted by Crippen LogP contribution is -2.39. The Bertz CT molecular complexity index is 402. The summed E-state index contributed by atoms with van der Waals surface area (Å²) in [7, 11) is 0. The van der Waals surface area contributed by atoms with Crippen molar-refractivity contribution >= 4 is 5.78 Å². The van der Waals surface area contributed by atoms with Gasteiger partial charge in [0.05, 0.1) is 6.54 Å². The molecule has 94 valence electrons. The average Bonchev–Trinajstić information content (AvgIpc) is 2.20. The quantitative estimate of drug-likeness (QED) is 0.866. The third-order valence-electron chi connectivity index (χ3n) is 2.71. The van der Waals surface area contributed by atoms with Crippen molar-refractivity contribution in [2.75, 3.05) is 6.54 Å². The van der Waals surface area contributed by atoms with Crippen LogP contribution in [0.25, 0.3) is 0 Å². The second kappa shape index (κ2) is 5.46. The molecule has 0 amide bonds. The fourth-order valence-electron chi connectivity index (χ4n) is 1.63. The lowest BCUT2D eigenvalue weighted by atomic mass is 10.0. The lowest BCUT2D eigenvalue weighted by molar-refractivity contribution is -0.117. The van der Waals surface area contributed by atoms with Crippen molar-refractivity contribution in [2.24, 2.45) is 0 Å². The molecule has 1 aromatic rings. The number of ketones is 1. The maximum atomic E-state index is 11.9. The van der Waals surface area contributed by atoms with E-state index in [9.17, 15) is 4.79 Å². The van der Waals surface area contributed by atoms with Crippen molar-refractivity contribution < 1.29 is 4.79 Å². The van der Waals surface area contributed by atoms with Gasteiger partial charge < -0.3 is 5.32 Å². The third kappa shape index (κ3) is 5.14. The molecule has 17 heavy (non-hydrogen) atoms. The van der Waals surface area contributed by atoms with Gasteiger partial charge in [-0.05, 0) is 45.7 Å². The molecule has 0 radical (unpaired) electrons. The SMILES string of the molecule is Cc1ccc(C)c(CC(=O)CNC(C)(C)C)c1. The van der Waals surface area contributed by atoms with Crippen LogP contribution in [0.2, 0.25) is 0 Å². The van der Waals surface area contributed by atoms with Gasteiger partial charge in [0.1, 0.15) is 0 Å². The molecule has 0 heterocycles. The van der Waals surface area contributed by atoms with E-state index in [1.54, 1.807) is 0 Å². The minimum absolute atomic E-state index is 0.00267. The van der Waals surface area contributed by atoms with Crippen LogP contribution in [0.3, 0.4) is 0 Å². The standard InChI is InChI=1S/C15H23NO/c1-11-6-7-12(2)13(8-11)9-14(17)10-16-15(3,4)5/h6-8,16H,9-10H2,1-5H3. The van der Waals surface area contributed by atoms with Crippen molar-refractivity contribution in [1.82, 2.24) is 5.32 Å². The zero-order valence-corrected chi connectivity index (χ0v) is 11.6. The molecule has 0 aromatic heterocycles. The van der Waals surface area contributed by atoms with E-state index in [4.69, 9.17) is 0 Å². The van der Waals surface area contributed by atoms with Crippen molar-refractivity contribution in [1.29, 1.82) is 0 Å². The van der Waals surface area contributed by atoms with E-state index in [-0.39, 0.29) is 11.3 Å². The molecule has 0 atom stereocenters. The Morgan fingerprint density at radius 1 is 1.24 bits per heavy atom. The summed E-state index contributed by atoms with van der Waals surface area (Å²) in [5, 5.41) is 3.23. The summed E-state index contributed by atoms with van der Waals surface area (Å²) in [6.07, 6.45) is 0.524. The van der Waals surface area contributed by atoms with Gasteiger partial charge in [-0.1, -0.05) is 23.8 Å². The number of benzene rings is 1. The van der Waals surface area contributed by atoms with Gasteiger partial charge >= 0.3 is 0 Å². The van der Waals surface area contributed by atoms with E-state index in [1.807, 2.05) is 0 Å². The zero-order valence-electron chi connectivity index (χ0n) is 11.6.